The van der Waals surface area contributed by atoms with Crippen LogP contribution in [0.15, 0.2) is 66.0 Å². The predicted octanol–water partition coefficient (Wildman–Crippen LogP) is 4.81. The monoisotopic (exact) mass is 334 g/mol. The molecule has 1 unspecified atom stereocenters. The Balaban J connectivity index is 1.46. The van der Waals surface area contributed by atoms with Crippen molar-refractivity contribution in [1.82, 2.24) is 10.2 Å². The molecule has 1 aliphatic carbocycles. The van der Waals surface area contributed by atoms with Gasteiger partial charge < -0.3 is 10.2 Å². The van der Waals surface area contributed by atoms with Crippen LogP contribution in [-0.4, -0.2) is 24.0 Å². The van der Waals surface area contributed by atoms with Crippen molar-refractivity contribution < 1.29 is 0 Å². The SMILES string of the molecule is C=C1C=C2C(C3CCCCC3)NCCN2C=C1CCc1ccccc1. The van der Waals surface area contributed by atoms with Gasteiger partial charge >= 0.3 is 0 Å². The van der Waals surface area contributed by atoms with Gasteiger partial charge in [-0.1, -0.05) is 56.2 Å². The summed E-state index contributed by atoms with van der Waals surface area (Å²) in [5.74, 6) is 0.801. The van der Waals surface area contributed by atoms with Gasteiger partial charge in [0.2, 0.25) is 0 Å². The Labute approximate surface area is 152 Å². The van der Waals surface area contributed by atoms with E-state index >= 15 is 0 Å². The maximum atomic E-state index is 4.38. The average Bonchev–Trinajstić information content (AvgIpc) is 2.67. The highest BCUT2D eigenvalue weighted by Gasteiger charge is 2.33. The molecule has 1 N–H and O–H groups in total. The zero-order chi connectivity index (χ0) is 17.1. The van der Waals surface area contributed by atoms with E-state index in [0.717, 1.165) is 31.8 Å². The first kappa shape index (κ1) is 16.7. The Morgan fingerprint density at radius 3 is 2.64 bits per heavy atom. The molecule has 1 saturated heterocycles. The topological polar surface area (TPSA) is 15.3 Å². The van der Waals surface area contributed by atoms with Crippen LogP contribution in [0.4, 0.5) is 0 Å². The first-order chi connectivity index (χ1) is 12.3. The minimum Gasteiger partial charge on any atom is -0.348 e. The second-order valence-electron chi connectivity index (χ2n) is 7.76. The Bertz CT molecular complexity index is 665. The van der Waals surface area contributed by atoms with Gasteiger partial charge in [-0.25, -0.2) is 0 Å². The molecule has 2 heteroatoms. The van der Waals surface area contributed by atoms with Gasteiger partial charge in [-0.05, 0) is 54.4 Å². The third kappa shape index (κ3) is 3.74. The molecule has 2 aliphatic heterocycles. The molecule has 1 aromatic rings. The Hall–Kier alpha value is -1.80. The summed E-state index contributed by atoms with van der Waals surface area (Å²) < 4.78 is 0. The highest BCUT2D eigenvalue weighted by molar-refractivity contribution is 5.45. The lowest BCUT2D eigenvalue weighted by atomic mass is 9.80. The average molecular weight is 335 g/mol. The third-order valence-corrected chi connectivity index (χ3v) is 6.06. The van der Waals surface area contributed by atoms with Crippen molar-refractivity contribution in [2.75, 3.05) is 13.1 Å². The highest BCUT2D eigenvalue weighted by atomic mass is 15.2. The maximum absolute atomic E-state index is 4.38. The number of aryl methyl sites for hydroxylation is 1. The number of hydrogen-bond donors (Lipinski definition) is 1. The van der Waals surface area contributed by atoms with E-state index in [1.165, 1.54) is 54.5 Å². The summed E-state index contributed by atoms with van der Waals surface area (Å²) in [4.78, 5) is 2.50. The fourth-order valence-electron chi connectivity index (χ4n) is 4.63. The largest absolute Gasteiger partial charge is 0.348 e. The number of rotatable bonds is 4. The van der Waals surface area contributed by atoms with Gasteiger partial charge in [0.05, 0.1) is 6.04 Å². The molecule has 3 aliphatic rings. The van der Waals surface area contributed by atoms with Crippen LogP contribution in [0.3, 0.4) is 0 Å². The van der Waals surface area contributed by atoms with Crippen molar-refractivity contribution in [2.24, 2.45) is 5.92 Å². The molecule has 0 spiro atoms. The smallest absolute Gasteiger partial charge is 0.0504 e. The van der Waals surface area contributed by atoms with Gasteiger partial charge in [0, 0.05) is 25.0 Å². The molecule has 132 valence electrons. The molecule has 2 nitrogen and oxygen atoms in total. The van der Waals surface area contributed by atoms with Crippen molar-refractivity contribution >= 4 is 0 Å². The second-order valence-corrected chi connectivity index (χ2v) is 7.76. The fraction of sp³-hybridized carbons (Fsp3) is 0.478. The fourth-order valence-corrected chi connectivity index (χ4v) is 4.63. The van der Waals surface area contributed by atoms with E-state index in [0.29, 0.717) is 6.04 Å². The number of benzene rings is 1. The van der Waals surface area contributed by atoms with E-state index in [2.05, 4.69) is 59.4 Å². The molecule has 2 fully saturated rings. The van der Waals surface area contributed by atoms with Crippen LogP contribution in [0.1, 0.15) is 44.1 Å². The minimum atomic E-state index is 0.526. The standard InChI is InChI=1S/C23H30N2/c1-18-16-22-23(20-10-6-3-7-11-20)24-14-15-25(22)17-21(18)13-12-19-8-4-2-5-9-19/h2,4-5,8-9,16-17,20,23-24H,1,3,6-7,10-15H2. The predicted molar refractivity (Wildman–Crippen MR) is 105 cm³/mol. The van der Waals surface area contributed by atoms with E-state index in [9.17, 15) is 0 Å². The maximum Gasteiger partial charge on any atom is 0.0504 e. The third-order valence-electron chi connectivity index (χ3n) is 6.06. The summed E-state index contributed by atoms with van der Waals surface area (Å²) in [7, 11) is 0. The van der Waals surface area contributed by atoms with Crippen LogP contribution in [0, 0.1) is 5.92 Å². The van der Waals surface area contributed by atoms with Crippen molar-refractivity contribution in [3.8, 4) is 0 Å². The second kappa shape index (κ2) is 7.61. The van der Waals surface area contributed by atoms with Crippen molar-refractivity contribution in [1.29, 1.82) is 0 Å². The lowest BCUT2D eigenvalue weighted by Gasteiger charge is -2.43. The van der Waals surface area contributed by atoms with Gasteiger partial charge in [-0.3, -0.25) is 0 Å². The van der Waals surface area contributed by atoms with Gasteiger partial charge in [0.25, 0.3) is 0 Å². The van der Waals surface area contributed by atoms with Gasteiger partial charge in [-0.15, -0.1) is 0 Å². The summed E-state index contributed by atoms with van der Waals surface area (Å²) in [5.41, 5.74) is 5.49. The molecular formula is C23H30N2. The zero-order valence-corrected chi connectivity index (χ0v) is 15.2. The van der Waals surface area contributed by atoms with Gasteiger partial charge in [0.1, 0.15) is 0 Å². The van der Waals surface area contributed by atoms with Crippen LogP contribution in [0.5, 0.6) is 0 Å². The molecule has 0 aromatic heterocycles. The molecule has 0 amide bonds. The van der Waals surface area contributed by atoms with E-state index in [1.807, 2.05) is 0 Å². The Morgan fingerprint density at radius 1 is 1.04 bits per heavy atom. The molecule has 25 heavy (non-hydrogen) atoms. The number of fused-ring (bicyclic) bond motifs is 1. The Morgan fingerprint density at radius 2 is 1.84 bits per heavy atom. The van der Waals surface area contributed by atoms with E-state index in [1.54, 1.807) is 0 Å². The van der Waals surface area contributed by atoms with Crippen LogP contribution in [0.2, 0.25) is 0 Å². The molecule has 1 aromatic carbocycles. The lowest BCUT2D eigenvalue weighted by molar-refractivity contribution is 0.227. The molecule has 4 rings (SSSR count). The molecule has 1 saturated carbocycles. The van der Waals surface area contributed by atoms with E-state index in [-0.39, 0.29) is 0 Å². The van der Waals surface area contributed by atoms with Crippen molar-refractivity contribution in [2.45, 2.75) is 51.0 Å². The molecule has 0 radical (unpaired) electrons. The molecule has 0 bridgehead atoms. The molecular weight excluding hydrogens is 304 g/mol. The lowest BCUT2D eigenvalue weighted by Crippen LogP contribution is -2.51. The number of piperazine rings is 1. The summed E-state index contributed by atoms with van der Waals surface area (Å²) in [5, 5.41) is 3.80. The van der Waals surface area contributed by atoms with Crippen LogP contribution in [0.25, 0.3) is 0 Å². The summed E-state index contributed by atoms with van der Waals surface area (Å²) >= 11 is 0. The van der Waals surface area contributed by atoms with Crippen LogP contribution in [-0.2, 0) is 6.42 Å². The van der Waals surface area contributed by atoms with E-state index < -0.39 is 0 Å². The van der Waals surface area contributed by atoms with E-state index in [4.69, 9.17) is 0 Å². The van der Waals surface area contributed by atoms with Crippen LogP contribution < -0.4 is 5.32 Å². The van der Waals surface area contributed by atoms with Crippen molar-refractivity contribution in [3.63, 3.8) is 0 Å². The highest BCUT2D eigenvalue weighted by Crippen LogP contribution is 2.35. The normalized spacial score (nSPS) is 24.6. The Kier molecular flexibility index (Phi) is 5.07. The first-order valence-electron chi connectivity index (χ1n) is 9.97. The van der Waals surface area contributed by atoms with Gasteiger partial charge in [0.15, 0.2) is 0 Å². The quantitative estimate of drug-likeness (QED) is 0.850. The number of nitrogens with zero attached hydrogens (tertiary/aromatic N) is 1. The summed E-state index contributed by atoms with van der Waals surface area (Å²) in [6, 6.07) is 11.3. The zero-order valence-electron chi connectivity index (χ0n) is 15.2. The summed E-state index contributed by atoms with van der Waals surface area (Å²) in [6.07, 6.45) is 13.9. The van der Waals surface area contributed by atoms with Gasteiger partial charge in [-0.2, -0.15) is 0 Å². The molecule has 1 atom stereocenters. The summed E-state index contributed by atoms with van der Waals surface area (Å²) in [6.45, 7) is 6.55. The van der Waals surface area contributed by atoms with Crippen LogP contribution >= 0.6 is 0 Å². The van der Waals surface area contributed by atoms with Crippen molar-refractivity contribution in [3.05, 3.63) is 71.6 Å². The number of hydrogen-bond acceptors (Lipinski definition) is 2. The molecule has 2 heterocycles. The first-order valence-corrected chi connectivity index (χ1v) is 9.97. The minimum absolute atomic E-state index is 0.526. The number of allylic oxidation sites excluding steroid dienone is 3. The number of nitrogens with one attached hydrogen (secondary N) is 1.